The van der Waals surface area contributed by atoms with Gasteiger partial charge in [0, 0.05) is 12.8 Å². The highest BCUT2D eigenvalue weighted by Gasteiger charge is 2.30. The molecule has 0 aromatic heterocycles. The Bertz CT molecular complexity index is 1510. The van der Waals surface area contributed by atoms with Crippen molar-refractivity contribution in [3.63, 3.8) is 0 Å². The van der Waals surface area contributed by atoms with Crippen LogP contribution < -0.4 is 5.32 Å². The number of hydrogen-bond acceptors (Lipinski definition) is 6. The number of unbranched alkanes of at least 4 members (excludes halogenated alkanes) is 41. The van der Waals surface area contributed by atoms with Gasteiger partial charge in [-0.2, -0.15) is 0 Å². The molecule has 10 heteroatoms. The standard InChI is InChI=1S/C70H133N2O7P/c1-7-10-13-16-19-22-25-28-30-32-34-35-36-37-39-41-43-45-48-51-54-57-60-63-70(74)79-68(61-58-55-52-49-46-27-24-21-18-15-12-9-3)67(66-78-80(75,76)77-65-64-72(4,5)6)71-69(73)62-59-56-53-50-47-44-42-40-38-33-31-29-26-23-20-17-14-11-8-2/h19,22,28-31,58,61,67-68H,7-18,20-21,23-27,32-57,59-60,62-66H2,1-6H3,(H-,71,73,75,76)/p+1/b22-19-,30-28-,31-29+,61-58+. The maximum atomic E-state index is 13.6. The fourth-order valence-corrected chi connectivity index (χ4v) is 10.9. The van der Waals surface area contributed by atoms with E-state index < -0.39 is 20.0 Å². The summed E-state index contributed by atoms with van der Waals surface area (Å²) in [5.41, 5.74) is 0. The number of hydrogen-bond donors (Lipinski definition) is 2. The molecule has 0 aliphatic carbocycles. The molecule has 2 N–H and O–H groups in total. The Kier molecular flexibility index (Phi) is 58.6. The van der Waals surface area contributed by atoms with Gasteiger partial charge in [-0.05, 0) is 89.5 Å². The second kappa shape index (κ2) is 60.1. The van der Waals surface area contributed by atoms with Gasteiger partial charge in [0.1, 0.15) is 19.3 Å². The zero-order chi connectivity index (χ0) is 58.6. The van der Waals surface area contributed by atoms with Crippen molar-refractivity contribution in [2.75, 3.05) is 40.9 Å². The van der Waals surface area contributed by atoms with Gasteiger partial charge < -0.3 is 19.4 Å². The maximum absolute atomic E-state index is 13.6. The normalized spacial score (nSPS) is 13.8. The lowest BCUT2D eigenvalue weighted by Crippen LogP contribution is -2.47. The van der Waals surface area contributed by atoms with Crippen LogP contribution in [0.1, 0.15) is 335 Å². The number of ether oxygens (including phenoxy) is 1. The van der Waals surface area contributed by atoms with Crippen molar-refractivity contribution in [1.82, 2.24) is 5.32 Å². The monoisotopic (exact) mass is 1150 g/mol. The molecule has 80 heavy (non-hydrogen) atoms. The molecule has 3 atom stereocenters. The second-order valence-electron chi connectivity index (χ2n) is 24.7. The summed E-state index contributed by atoms with van der Waals surface area (Å²) in [6.07, 6.45) is 75.4. The number of esters is 1. The summed E-state index contributed by atoms with van der Waals surface area (Å²) < 4.78 is 30.8. The molecule has 0 saturated heterocycles. The Morgan fingerprint density at radius 3 is 1.16 bits per heavy atom. The number of phosphoric ester groups is 1. The molecule has 3 unspecified atom stereocenters. The van der Waals surface area contributed by atoms with E-state index in [9.17, 15) is 19.0 Å². The van der Waals surface area contributed by atoms with E-state index in [-0.39, 0.29) is 25.1 Å². The quantitative estimate of drug-likeness (QED) is 0.0205. The molecule has 0 aliphatic rings. The number of rotatable bonds is 63. The minimum atomic E-state index is -4.45. The van der Waals surface area contributed by atoms with E-state index in [0.717, 1.165) is 64.2 Å². The van der Waals surface area contributed by atoms with Gasteiger partial charge in [-0.15, -0.1) is 0 Å². The third-order valence-electron chi connectivity index (χ3n) is 15.5. The van der Waals surface area contributed by atoms with Gasteiger partial charge in [-0.3, -0.25) is 18.6 Å². The number of phosphoric acid groups is 1. The minimum absolute atomic E-state index is 0.0409. The zero-order valence-corrected chi connectivity index (χ0v) is 54.7. The van der Waals surface area contributed by atoms with Crippen LogP contribution in [0, 0.1) is 0 Å². The van der Waals surface area contributed by atoms with Gasteiger partial charge in [0.25, 0.3) is 0 Å². The highest BCUT2D eigenvalue weighted by molar-refractivity contribution is 7.47. The number of nitrogens with one attached hydrogen (secondary N) is 1. The first-order valence-electron chi connectivity index (χ1n) is 34.5. The fourth-order valence-electron chi connectivity index (χ4n) is 10.1. The van der Waals surface area contributed by atoms with Crippen molar-refractivity contribution in [2.24, 2.45) is 0 Å². The molecule has 0 fully saturated rings. The van der Waals surface area contributed by atoms with Crippen LogP contribution in [0.15, 0.2) is 48.6 Å². The molecule has 0 bridgehead atoms. The third-order valence-corrected chi connectivity index (χ3v) is 16.5. The van der Waals surface area contributed by atoms with Gasteiger partial charge >= 0.3 is 13.8 Å². The van der Waals surface area contributed by atoms with Gasteiger partial charge in [0.2, 0.25) is 5.91 Å². The SMILES string of the molecule is CCCCC/C=C\C/C=C\CCCCCCCCCCCCCCCC(=O)OC(/C=C/CCCCCCCCCCCC)C(COP(=O)(O)OCC[N+](C)(C)C)NC(=O)CCCCCCCCCCC/C=C/CCCCCCCC. The van der Waals surface area contributed by atoms with Crippen molar-refractivity contribution in [1.29, 1.82) is 0 Å². The van der Waals surface area contributed by atoms with Crippen LogP contribution in [-0.4, -0.2) is 74.3 Å². The van der Waals surface area contributed by atoms with Crippen molar-refractivity contribution in [3.8, 4) is 0 Å². The van der Waals surface area contributed by atoms with Crippen molar-refractivity contribution in [3.05, 3.63) is 48.6 Å². The van der Waals surface area contributed by atoms with Crippen LogP contribution in [0.3, 0.4) is 0 Å². The maximum Gasteiger partial charge on any atom is 0.472 e. The fraction of sp³-hybridized carbons (Fsp3) is 0.857. The smallest absolute Gasteiger partial charge is 0.456 e. The van der Waals surface area contributed by atoms with Crippen molar-refractivity contribution >= 4 is 19.7 Å². The molecule has 0 saturated carbocycles. The van der Waals surface area contributed by atoms with Crippen molar-refractivity contribution < 1.29 is 37.3 Å². The van der Waals surface area contributed by atoms with Gasteiger partial charge in [0.05, 0.1) is 33.8 Å². The molecular weight excluding hydrogens is 1010 g/mol. The van der Waals surface area contributed by atoms with E-state index in [1.54, 1.807) is 0 Å². The van der Waals surface area contributed by atoms with Gasteiger partial charge in [0.15, 0.2) is 0 Å². The molecule has 0 aromatic rings. The number of carbonyl (C=O) groups is 2. The lowest BCUT2D eigenvalue weighted by molar-refractivity contribution is -0.870. The van der Waals surface area contributed by atoms with Crippen LogP contribution in [-0.2, 0) is 27.9 Å². The first kappa shape index (κ1) is 78.0. The second-order valence-corrected chi connectivity index (χ2v) is 26.1. The number of nitrogens with zero attached hydrogens (tertiary/aromatic N) is 1. The lowest BCUT2D eigenvalue weighted by atomic mass is 10.0. The van der Waals surface area contributed by atoms with Crippen molar-refractivity contribution in [2.45, 2.75) is 348 Å². The number of quaternary nitrogens is 1. The molecule has 0 aromatic carbocycles. The van der Waals surface area contributed by atoms with Crippen LogP contribution in [0.2, 0.25) is 0 Å². The highest BCUT2D eigenvalue weighted by Crippen LogP contribution is 2.43. The molecule has 470 valence electrons. The molecule has 0 spiro atoms. The Labute approximate surface area is 497 Å². The number of likely N-dealkylation sites (N-methyl/N-ethyl adjacent to an activating group) is 1. The molecule has 0 rings (SSSR count). The summed E-state index contributed by atoms with van der Waals surface area (Å²) in [7, 11) is 1.50. The number of carbonyl (C=O) groups excluding carboxylic acids is 2. The number of amides is 1. The summed E-state index contributed by atoms with van der Waals surface area (Å²) in [4.78, 5) is 37.8. The summed E-state index contributed by atoms with van der Waals surface area (Å²) in [6.45, 7) is 7.02. The minimum Gasteiger partial charge on any atom is -0.456 e. The highest BCUT2D eigenvalue weighted by atomic mass is 31.2. The molecule has 9 nitrogen and oxygen atoms in total. The predicted molar refractivity (Wildman–Crippen MR) is 346 cm³/mol. The van der Waals surface area contributed by atoms with E-state index in [2.05, 4.69) is 62.5 Å². The topological polar surface area (TPSA) is 111 Å². The summed E-state index contributed by atoms with van der Waals surface area (Å²) in [5.74, 6) is -0.495. The van der Waals surface area contributed by atoms with E-state index in [4.69, 9.17) is 13.8 Å². The Morgan fingerprint density at radius 1 is 0.438 bits per heavy atom. The first-order valence-corrected chi connectivity index (χ1v) is 36.0. The average Bonchev–Trinajstić information content (AvgIpc) is 3.43. The molecule has 0 heterocycles. The summed E-state index contributed by atoms with van der Waals surface area (Å²) >= 11 is 0. The zero-order valence-electron chi connectivity index (χ0n) is 53.8. The van der Waals surface area contributed by atoms with E-state index in [1.807, 2.05) is 33.3 Å². The Balaban J connectivity index is 5.10. The van der Waals surface area contributed by atoms with Crippen LogP contribution in [0.25, 0.3) is 0 Å². The molecule has 0 aliphatic heterocycles. The molecule has 0 radical (unpaired) electrons. The average molecular weight is 1150 g/mol. The van der Waals surface area contributed by atoms with Gasteiger partial charge in [-0.25, -0.2) is 4.57 Å². The van der Waals surface area contributed by atoms with Crippen LogP contribution in [0.5, 0.6) is 0 Å². The van der Waals surface area contributed by atoms with E-state index in [1.165, 1.54) is 238 Å². The predicted octanol–water partition coefficient (Wildman–Crippen LogP) is 21.6. The van der Waals surface area contributed by atoms with E-state index >= 15 is 0 Å². The van der Waals surface area contributed by atoms with Gasteiger partial charge in [-0.1, -0.05) is 282 Å². The van der Waals surface area contributed by atoms with E-state index in [0.29, 0.717) is 23.9 Å². The summed E-state index contributed by atoms with van der Waals surface area (Å²) in [5, 5.41) is 3.07. The summed E-state index contributed by atoms with van der Waals surface area (Å²) in [6, 6.07) is -0.849. The molecular formula is C70H134N2O7P+. The third kappa shape index (κ3) is 60.6. The lowest BCUT2D eigenvalue weighted by Gasteiger charge is -2.27. The van der Waals surface area contributed by atoms with Crippen LogP contribution in [0.4, 0.5) is 0 Å². The first-order chi connectivity index (χ1) is 38.9. The van der Waals surface area contributed by atoms with Crippen LogP contribution >= 0.6 is 7.82 Å². The Hall–Kier alpha value is -2.03. The largest absolute Gasteiger partial charge is 0.472 e. The number of allylic oxidation sites excluding steroid dienone is 7. The molecule has 1 amide bonds. The Morgan fingerprint density at radius 2 is 0.762 bits per heavy atom.